The Morgan fingerprint density at radius 1 is 1.23 bits per heavy atom. The highest BCUT2D eigenvalue weighted by molar-refractivity contribution is 5.81. The number of ether oxygens (including phenoxy) is 1. The lowest BCUT2D eigenvalue weighted by atomic mass is 9.81. The first-order valence-corrected chi connectivity index (χ1v) is 8.16. The van der Waals surface area contributed by atoms with Crippen LogP contribution in [0.3, 0.4) is 0 Å². The summed E-state index contributed by atoms with van der Waals surface area (Å²) in [6.45, 7) is 2.81. The maximum absolute atomic E-state index is 11.5. The summed E-state index contributed by atoms with van der Waals surface area (Å²) >= 11 is 0. The zero-order valence-electron chi connectivity index (χ0n) is 13.9. The topological polar surface area (TPSA) is 29.5 Å². The summed E-state index contributed by atoms with van der Waals surface area (Å²) in [5.41, 5.74) is 2.89. The Morgan fingerprint density at radius 2 is 1.91 bits per heavy atom. The van der Waals surface area contributed by atoms with E-state index in [2.05, 4.69) is 43.3 Å². The number of carbonyl (C=O) groups excluding carboxylic acids is 1. The van der Waals surface area contributed by atoms with Crippen LogP contribution < -0.4 is 0 Å². The van der Waals surface area contributed by atoms with Crippen LogP contribution in [-0.4, -0.2) is 31.1 Å². The zero-order chi connectivity index (χ0) is 15.9. The van der Waals surface area contributed by atoms with Crippen molar-refractivity contribution in [2.45, 2.75) is 51.2 Å². The lowest BCUT2D eigenvalue weighted by molar-refractivity contribution is -0.144. The molecule has 1 fully saturated rings. The van der Waals surface area contributed by atoms with E-state index in [0.29, 0.717) is 5.92 Å². The second kappa shape index (κ2) is 8.14. The Hall–Kier alpha value is -1.61. The second-order valence-corrected chi connectivity index (χ2v) is 6.35. The summed E-state index contributed by atoms with van der Waals surface area (Å²) < 4.78 is 5.48. The Balaban J connectivity index is 1.96. The molecule has 0 unspecified atom stereocenters. The predicted octanol–water partition coefficient (Wildman–Crippen LogP) is 3.89. The van der Waals surface area contributed by atoms with Gasteiger partial charge in [-0.1, -0.05) is 30.3 Å². The van der Waals surface area contributed by atoms with Gasteiger partial charge in [-0.15, -0.1) is 0 Å². The van der Waals surface area contributed by atoms with Gasteiger partial charge in [0.15, 0.2) is 0 Å². The summed E-state index contributed by atoms with van der Waals surface area (Å²) in [6.07, 6.45) is 7.43. The van der Waals surface area contributed by atoms with E-state index >= 15 is 0 Å². The Bertz CT molecular complexity index is 514. The maximum atomic E-state index is 11.5. The molecule has 22 heavy (non-hydrogen) atoms. The second-order valence-electron chi connectivity index (χ2n) is 6.35. The molecule has 120 valence electrons. The maximum Gasteiger partial charge on any atom is 0.330 e. The number of rotatable bonds is 5. The molecule has 1 aromatic rings. The van der Waals surface area contributed by atoms with E-state index in [4.69, 9.17) is 4.74 Å². The highest BCUT2D eigenvalue weighted by Crippen LogP contribution is 2.35. The van der Waals surface area contributed by atoms with Crippen LogP contribution >= 0.6 is 0 Å². The van der Waals surface area contributed by atoms with E-state index in [9.17, 15) is 4.79 Å². The largest absolute Gasteiger partial charge is 0.459 e. The fourth-order valence-corrected chi connectivity index (χ4v) is 3.25. The number of hydrogen-bond donors (Lipinski definition) is 0. The molecule has 0 atom stereocenters. The van der Waals surface area contributed by atoms with Crippen molar-refractivity contribution in [1.29, 1.82) is 0 Å². The van der Waals surface area contributed by atoms with E-state index < -0.39 is 0 Å². The van der Waals surface area contributed by atoms with E-state index in [-0.39, 0.29) is 12.1 Å². The van der Waals surface area contributed by atoms with Crippen LogP contribution in [0.1, 0.15) is 49.7 Å². The van der Waals surface area contributed by atoms with Gasteiger partial charge in [-0.3, -0.25) is 0 Å². The van der Waals surface area contributed by atoms with Gasteiger partial charge in [0.25, 0.3) is 0 Å². The first kappa shape index (κ1) is 16.8. The number of hydrogen-bond acceptors (Lipinski definition) is 3. The minimum atomic E-state index is -0.209. The van der Waals surface area contributed by atoms with Gasteiger partial charge in [0, 0.05) is 12.6 Å². The SMILES string of the molecule is CC=CC(=O)OC1CCC(c2ccccc2CN(C)C)CC1. The summed E-state index contributed by atoms with van der Waals surface area (Å²) in [5, 5.41) is 0. The molecular weight excluding hydrogens is 274 g/mol. The minimum Gasteiger partial charge on any atom is -0.459 e. The summed E-state index contributed by atoms with van der Waals surface area (Å²) in [7, 11) is 4.21. The van der Waals surface area contributed by atoms with Crippen LogP contribution in [0.2, 0.25) is 0 Å². The van der Waals surface area contributed by atoms with Crippen molar-refractivity contribution in [2.75, 3.05) is 14.1 Å². The molecule has 1 aliphatic carbocycles. The molecule has 3 heteroatoms. The number of allylic oxidation sites excluding steroid dienone is 1. The molecule has 0 aliphatic heterocycles. The molecule has 3 nitrogen and oxygen atoms in total. The number of benzene rings is 1. The summed E-state index contributed by atoms with van der Waals surface area (Å²) in [5.74, 6) is 0.381. The molecular formula is C19H27NO2. The van der Waals surface area contributed by atoms with Gasteiger partial charge in [-0.25, -0.2) is 4.79 Å². The van der Waals surface area contributed by atoms with E-state index in [1.54, 1.807) is 6.08 Å². The highest BCUT2D eigenvalue weighted by Gasteiger charge is 2.25. The molecule has 0 saturated heterocycles. The lowest BCUT2D eigenvalue weighted by Crippen LogP contribution is -2.24. The van der Waals surface area contributed by atoms with Crippen molar-refractivity contribution in [3.05, 3.63) is 47.5 Å². The van der Waals surface area contributed by atoms with Crippen molar-refractivity contribution in [3.63, 3.8) is 0 Å². The summed E-state index contributed by atoms with van der Waals surface area (Å²) in [6, 6.07) is 8.74. The average molecular weight is 301 g/mol. The summed E-state index contributed by atoms with van der Waals surface area (Å²) in [4.78, 5) is 13.7. The quantitative estimate of drug-likeness (QED) is 0.610. The Kier molecular flexibility index (Phi) is 6.20. The minimum absolute atomic E-state index is 0.0842. The van der Waals surface area contributed by atoms with Gasteiger partial charge in [0.1, 0.15) is 6.10 Å². The molecule has 0 heterocycles. The van der Waals surface area contributed by atoms with E-state index in [1.807, 2.05) is 6.92 Å². The molecule has 0 N–H and O–H groups in total. The van der Waals surface area contributed by atoms with E-state index in [0.717, 1.165) is 32.2 Å². The first-order valence-electron chi connectivity index (χ1n) is 8.16. The normalized spacial score (nSPS) is 22.2. The monoisotopic (exact) mass is 301 g/mol. The molecule has 1 saturated carbocycles. The van der Waals surface area contributed by atoms with Crippen molar-refractivity contribution in [3.8, 4) is 0 Å². The van der Waals surface area contributed by atoms with Crippen LogP contribution in [0.25, 0.3) is 0 Å². The average Bonchev–Trinajstić information content (AvgIpc) is 2.48. The third-order valence-corrected chi connectivity index (χ3v) is 4.24. The molecule has 0 spiro atoms. The molecule has 0 amide bonds. The van der Waals surface area contributed by atoms with Crippen LogP contribution in [-0.2, 0) is 16.1 Å². The van der Waals surface area contributed by atoms with Crippen LogP contribution in [0.5, 0.6) is 0 Å². The van der Waals surface area contributed by atoms with Gasteiger partial charge in [0.05, 0.1) is 0 Å². The number of esters is 1. The molecule has 0 radical (unpaired) electrons. The molecule has 2 rings (SSSR count). The number of carbonyl (C=O) groups is 1. The van der Waals surface area contributed by atoms with Gasteiger partial charge in [-0.2, -0.15) is 0 Å². The predicted molar refractivity (Wildman–Crippen MR) is 89.7 cm³/mol. The third kappa shape index (κ3) is 4.70. The lowest BCUT2D eigenvalue weighted by Gasteiger charge is -2.30. The molecule has 0 bridgehead atoms. The van der Waals surface area contributed by atoms with Crippen LogP contribution in [0, 0.1) is 0 Å². The molecule has 1 aliphatic rings. The van der Waals surface area contributed by atoms with Crippen molar-refractivity contribution < 1.29 is 9.53 Å². The van der Waals surface area contributed by atoms with Gasteiger partial charge in [-0.05, 0) is 63.7 Å². The fraction of sp³-hybridized carbons (Fsp3) is 0.526. The molecule has 0 aromatic heterocycles. The van der Waals surface area contributed by atoms with Gasteiger partial charge < -0.3 is 9.64 Å². The van der Waals surface area contributed by atoms with Crippen molar-refractivity contribution in [2.24, 2.45) is 0 Å². The Labute approximate surface area is 134 Å². The smallest absolute Gasteiger partial charge is 0.330 e. The van der Waals surface area contributed by atoms with Crippen LogP contribution in [0.15, 0.2) is 36.4 Å². The van der Waals surface area contributed by atoms with Crippen molar-refractivity contribution in [1.82, 2.24) is 4.90 Å². The van der Waals surface area contributed by atoms with Crippen LogP contribution in [0.4, 0.5) is 0 Å². The first-order chi connectivity index (χ1) is 10.6. The standard InChI is InChI=1S/C19H27NO2/c1-4-7-19(21)22-17-12-10-15(11-13-17)18-9-6-5-8-16(18)14-20(2)3/h4-9,15,17H,10-14H2,1-3H3. The Morgan fingerprint density at radius 3 is 2.55 bits per heavy atom. The van der Waals surface area contributed by atoms with E-state index in [1.165, 1.54) is 17.2 Å². The van der Waals surface area contributed by atoms with Gasteiger partial charge >= 0.3 is 5.97 Å². The van der Waals surface area contributed by atoms with Gasteiger partial charge in [0.2, 0.25) is 0 Å². The third-order valence-electron chi connectivity index (χ3n) is 4.24. The fourth-order valence-electron chi connectivity index (χ4n) is 3.25. The zero-order valence-corrected chi connectivity index (χ0v) is 13.9. The highest BCUT2D eigenvalue weighted by atomic mass is 16.5. The van der Waals surface area contributed by atoms with Crippen molar-refractivity contribution >= 4 is 5.97 Å². The number of nitrogens with zero attached hydrogens (tertiary/aromatic N) is 1. The molecule has 1 aromatic carbocycles.